The highest BCUT2D eigenvalue weighted by molar-refractivity contribution is 5.95. The zero-order valence-electron chi connectivity index (χ0n) is 12.7. The number of anilines is 1. The maximum atomic E-state index is 12.6. The number of carboxylic acid groups (broad SMARTS) is 1. The molecule has 0 aliphatic carbocycles. The summed E-state index contributed by atoms with van der Waals surface area (Å²) >= 11 is 0. The summed E-state index contributed by atoms with van der Waals surface area (Å²) in [6, 6.07) is 3.40. The van der Waals surface area contributed by atoms with Gasteiger partial charge in [0.05, 0.1) is 5.41 Å². The molecule has 1 aromatic heterocycles. The average molecular weight is 291 g/mol. The fraction of sp³-hybridized carbons (Fsp3) is 0.533. The van der Waals surface area contributed by atoms with Crippen molar-refractivity contribution < 1.29 is 14.7 Å². The lowest BCUT2D eigenvalue weighted by atomic mass is 9.82. The van der Waals surface area contributed by atoms with Crippen LogP contribution >= 0.6 is 0 Å². The van der Waals surface area contributed by atoms with E-state index in [9.17, 15) is 14.7 Å². The molecule has 0 spiro atoms. The van der Waals surface area contributed by atoms with E-state index < -0.39 is 11.4 Å². The molecule has 1 amide bonds. The van der Waals surface area contributed by atoms with Gasteiger partial charge in [-0.1, -0.05) is 0 Å². The summed E-state index contributed by atoms with van der Waals surface area (Å²) in [7, 11) is 3.72. The van der Waals surface area contributed by atoms with E-state index >= 15 is 0 Å². The van der Waals surface area contributed by atoms with Crippen LogP contribution in [0.4, 0.5) is 5.82 Å². The van der Waals surface area contributed by atoms with Gasteiger partial charge in [-0.3, -0.25) is 9.59 Å². The van der Waals surface area contributed by atoms with E-state index in [1.807, 2.05) is 19.0 Å². The van der Waals surface area contributed by atoms with Crippen LogP contribution in [-0.2, 0) is 4.79 Å². The molecule has 1 N–H and O–H groups in total. The van der Waals surface area contributed by atoms with Crippen LogP contribution in [0, 0.1) is 5.41 Å². The molecule has 1 aliphatic rings. The molecule has 2 heterocycles. The van der Waals surface area contributed by atoms with Crippen molar-refractivity contribution in [1.82, 2.24) is 9.88 Å². The van der Waals surface area contributed by atoms with Crippen molar-refractivity contribution >= 4 is 17.7 Å². The number of piperidine rings is 1. The van der Waals surface area contributed by atoms with Gasteiger partial charge < -0.3 is 14.9 Å². The SMILES string of the molecule is CN(C)c1cc(C(=O)N2CCCC(C)(C(=O)O)C2)ccn1. The topological polar surface area (TPSA) is 73.7 Å². The predicted octanol–water partition coefficient (Wildman–Crippen LogP) is 1.47. The molecule has 6 nitrogen and oxygen atoms in total. The molecule has 1 aliphatic heterocycles. The Morgan fingerprint density at radius 1 is 1.43 bits per heavy atom. The van der Waals surface area contributed by atoms with Crippen LogP contribution in [0.5, 0.6) is 0 Å². The molecule has 6 heteroatoms. The number of likely N-dealkylation sites (tertiary alicyclic amines) is 1. The number of nitrogens with zero attached hydrogens (tertiary/aromatic N) is 3. The first kappa shape index (κ1) is 15.3. The highest BCUT2D eigenvalue weighted by atomic mass is 16.4. The van der Waals surface area contributed by atoms with Crippen molar-refractivity contribution in [1.29, 1.82) is 0 Å². The van der Waals surface area contributed by atoms with E-state index in [2.05, 4.69) is 4.98 Å². The fourth-order valence-electron chi connectivity index (χ4n) is 2.57. The van der Waals surface area contributed by atoms with Gasteiger partial charge in [0, 0.05) is 38.9 Å². The second kappa shape index (κ2) is 5.71. The standard InChI is InChI=1S/C15H21N3O3/c1-15(14(20)21)6-4-8-18(10-15)13(19)11-5-7-16-12(9-11)17(2)3/h5,7,9H,4,6,8,10H2,1-3H3,(H,20,21). The van der Waals surface area contributed by atoms with Crippen LogP contribution in [0.25, 0.3) is 0 Å². The van der Waals surface area contributed by atoms with E-state index in [4.69, 9.17) is 0 Å². The Morgan fingerprint density at radius 2 is 2.14 bits per heavy atom. The molecular weight excluding hydrogens is 270 g/mol. The Balaban J connectivity index is 2.20. The summed E-state index contributed by atoms with van der Waals surface area (Å²) in [5.41, 5.74) is -0.311. The number of carbonyl (C=O) groups is 2. The lowest BCUT2D eigenvalue weighted by molar-refractivity contribution is -0.150. The number of carboxylic acids is 1. The van der Waals surface area contributed by atoms with Crippen LogP contribution in [0.15, 0.2) is 18.3 Å². The van der Waals surface area contributed by atoms with Gasteiger partial charge in [0.15, 0.2) is 0 Å². The summed E-state index contributed by atoms with van der Waals surface area (Å²) < 4.78 is 0. The molecule has 21 heavy (non-hydrogen) atoms. The lowest BCUT2D eigenvalue weighted by Crippen LogP contribution is -2.48. The van der Waals surface area contributed by atoms with Gasteiger partial charge in [0.2, 0.25) is 0 Å². The molecule has 0 aromatic carbocycles. The highest BCUT2D eigenvalue weighted by Gasteiger charge is 2.39. The minimum absolute atomic E-state index is 0.132. The number of aromatic nitrogens is 1. The van der Waals surface area contributed by atoms with E-state index in [1.165, 1.54) is 0 Å². The van der Waals surface area contributed by atoms with E-state index in [0.29, 0.717) is 30.8 Å². The Morgan fingerprint density at radius 3 is 2.76 bits per heavy atom. The van der Waals surface area contributed by atoms with E-state index in [1.54, 1.807) is 30.2 Å². The Hall–Kier alpha value is -2.11. The van der Waals surface area contributed by atoms with Gasteiger partial charge in [-0.15, -0.1) is 0 Å². The van der Waals surface area contributed by atoms with Crippen molar-refractivity contribution in [2.45, 2.75) is 19.8 Å². The van der Waals surface area contributed by atoms with Crippen molar-refractivity contribution in [2.24, 2.45) is 5.41 Å². The normalized spacial score (nSPS) is 22.0. The zero-order valence-corrected chi connectivity index (χ0v) is 12.7. The summed E-state index contributed by atoms with van der Waals surface area (Å²) in [6.45, 7) is 2.55. The third-order valence-electron chi connectivity index (χ3n) is 3.95. The van der Waals surface area contributed by atoms with Gasteiger partial charge in [0.25, 0.3) is 5.91 Å². The molecule has 0 bridgehead atoms. The molecule has 1 unspecified atom stereocenters. The van der Waals surface area contributed by atoms with Gasteiger partial charge in [-0.2, -0.15) is 0 Å². The number of amides is 1. The number of pyridine rings is 1. The molecule has 1 fully saturated rings. The number of aliphatic carboxylic acids is 1. The van der Waals surface area contributed by atoms with Crippen LogP contribution < -0.4 is 4.90 Å². The maximum absolute atomic E-state index is 12.6. The molecule has 2 rings (SSSR count). The summed E-state index contributed by atoms with van der Waals surface area (Å²) in [5, 5.41) is 9.33. The molecular formula is C15H21N3O3. The van der Waals surface area contributed by atoms with Crippen molar-refractivity contribution in [2.75, 3.05) is 32.1 Å². The first-order chi connectivity index (χ1) is 9.83. The first-order valence-corrected chi connectivity index (χ1v) is 6.99. The molecule has 1 saturated heterocycles. The maximum Gasteiger partial charge on any atom is 0.311 e. The largest absolute Gasteiger partial charge is 0.481 e. The van der Waals surface area contributed by atoms with E-state index in [0.717, 1.165) is 0 Å². The quantitative estimate of drug-likeness (QED) is 0.913. The molecule has 114 valence electrons. The third kappa shape index (κ3) is 3.15. The number of rotatable bonds is 3. The van der Waals surface area contributed by atoms with Gasteiger partial charge >= 0.3 is 5.97 Å². The monoisotopic (exact) mass is 291 g/mol. The molecule has 1 atom stereocenters. The van der Waals surface area contributed by atoms with Crippen molar-refractivity contribution in [3.8, 4) is 0 Å². The first-order valence-electron chi connectivity index (χ1n) is 6.99. The van der Waals surface area contributed by atoms with Crippen molar-refractivity contribution in [3.63, 3.8) is 0 Å². The minimum Gasteiger partial charge on any atom is -0.481 e. The molecule has 0 saturated carbocycles. The predicted molar refractivity (Wildman–Crippen MR) is 79.4 cm³/mol. The lowest BCUT2D eigenvalue weighted by Gasteiger charge is -2.37. The number of hydrogen-bond acceptors (Lipinski definition) is 4. The van der Waals surface area contributed by atoms with E-state index in [-0.39, 0.29) is 12.5 Å². The highest BCUT2D eigenvalue weighted by Crippen LogP contribution is 2.30. The fourth-order valence-corrected chi connectivity index (χ4v) is 2.57. The molecule has 1 aromatic rings. The summed E-state index contributed by atoms with van der Waals surface area (Å²) in [6.07, 6.45) is 2.91. The Bertz CT molecular complexity index is 559. The second-order valence-corrected chi connectivity index (χ2v) is 5.99. The zero-order chi connectivity index (χ0) is 15.6. The van der Waals surface area contributed by atoms with Gasteiger partial charge in [0.1, 0.15) is 5.82 Å². The minimum atomic E-state index is -0.856. The van der Waals surface area contributed by atoms with Crippen molar-refractivity contribution in [3.05, 3.63) is 23.9 Å². The average Bonchev–Trinajstić information content (AvgIpc) is 2.46. The second-order valence-electron chi connectivity index (χ2n) is 5.99. The van der Waals surface area contributed by atoms with Gasteiger partial charge in [-0.05, 0) is 31.9 Å². The third-order valence-corrected chi connectivity index (χ3v) is 3.95. The smallest absolute Gasteiger partial charge is 0.311 e. The summed E-state index contributed by atoms with van der Waals surface area (Å²) in [5.74, 6) is -0.268. The summed E-state index contributed by atoms with van der Waals surface area (Å²) in [4.78, 5) is 31.6. The van der Waals surface area contributed by atoms with Crippen LogP contribution in [0.1, 0.15) is 30.1 Å². The Kier molecular flexibility index (Phi) is 4.16. The van der Waals surface area contributed by atoms with Gasteiger partial charge in [-0.25, -0.2) is 4.98 Å². The van der Waals surface area contributed by atoms with Crippen LogP contribution in [0.2, 0.25) is 0 Å². The number of carbonyl (C=O) groups excluding carboxylic acids is 1. The van der Waals surface area contributed by atoms with Crippen LogP contribution in [-0.4, -0.2) is 54.1 Å². The Labute approximate surface area is 124 Å². The van der Waals surface area contributed by atoms with Crippen LogP contribution in [0.3, 0.4) is 0 Å². The molecule has 0 radical (unpaired) electrons. The number of hydrogen-bond donors (Lipinski definition) is 1.